The highest BCUT2D eigenvalue weighted by Crippen LogP contribution is 2.24. The summed E-state index contributed by atoms with van der Waals surface area (Å²) in [4.78, 5) is 23.5. The molecule has 1 unspecified atom stereocenters. The summed E-state index contributed by atoms with van der Waals surface area (Å²) in [5.41, 5.74) is 1.61. The molecule has 6 nitrogen and oxygen atoms in total. The molecule has 0 aliphatic rings. The number of hydrogen-bond acceptors (Lipinski definition) is 4. The maximum absolute atomic E-state index is 12.2. The second-order valence-electron chi connectivity index (χ2n) is 5.59. The van der Waals surface area contributed by atoms with Gasteiger partial charge < -0.3 is 20.3 Å². The molecule has 2 amide bonds. The number of hydrogen-bond donors (Lipinski definition) is 3. The van der Waals surface area contributed by atoms with Crippen LogP contribution in [0.3, 0.4) is 0 Å². The van der Waals surface area contributed by atoms with Gasteiger partial charge in [0.1, 0.15) is 6.54 Å². The van der Waals surface area contributed by atoms with Gasteiger partial charge in [-0.1, -0.05) is 6.07 Å². The fourth-order valence-electron chi connectivity index (χ4n) is 2.56. The van der Waals surface area contributed by atoms with Crippen LogP contribution < -0.4 is 10.6 Å². The Morgan fingerprint density at radius 1 is 1.33 bits per heavy atom. The summed E-state index contributed by atoms with van der Waals surface area (Å²) in [6.07, 6.45) is 4.56. The average Bonchev–Trinajstić information content (AvgIpc) is 2.95. The molecule has 0 aliphatic carbocycles. The Hall–Kier alpha value is -1.99. The molecule has 1 aromatic heterocycles. The summed E-state index contributed by atoms with van der Waals surface area (Å²) in [5, 5.41) is 15.9. The first-order valence-electron chi connectivity index (χ1n) is 7.79. The Morgan fingerprint density at radius 2 is 2.12 bits per heavy atom. The number of rotatable bonds is 8. The molecule has 0 bridgehead atoms. The van der Waals surface area contributed by atoms with Crippen molar-refractivity contribution in [2.24, 2.45) is 0 Å². The Bertz CT molecular complexity index is 714. The van der Waals surface area contributed by atoms with Gasteiger partial charge in [-0.2, -0.15) is 11.8 Å². The van der Waals surface area contributed by atoms with E-state index in [4.69, 9.17) is 0 Å². The minimum absolute atomic E-state index is 0.0641. The van der Waals surface area contributed by atoms with Crippen molar-refractivity contribution in [1.82, 2.24) is 9.88 Å². The van der Waals surface area contributed by atoms with Crippen molar-refractivity contribution < 1.29 is 14.7 Å². The van der Waals surface area contributed by atoms with Gasteiger partial charge in [0.25, 0.3) is 0 Å². The largest absolute Gasteiger partial charge is 0.394 e. The van der Waals surface area contributed by atoms with Crippen LogP contribution in [0.25, 0.3) is 10.9 Å². The number of carbonyl (C=O) groups excluding carboxylic acids is 2. The number of thioether (sulfide) groups is 1. The topological polar surface area (TPSA) is 83.4 Å². The maximum atomic E-state index is 12.2. The fraction of sp³-hybridized carbons (Fsp3) is 0.412. The van der Waals surface area contributed by atoms with E-state index in [9.17, 15) is 14.7 Å². The van der Waals surface area contributed by atoms with Crippen LogP contribution in [0.4, 0.5) is 5.69 Å². The molecule has 3 N–H and O–H groups in total. The summed E-state index contributed by atoms with van der Waals surface area (Å²) in [7, 11) is 0. The second-order valence-corrected chi connectivity index (χ2v) is 6.58. The predicted octanol–water partition coefficient (Wildman–Crippen LogP) is 1.83. The van der Waals surface area contributed by atoms with Gasteiger partial charge in [-0.25, -0.2) is 0 Å². The summed E-state index contributed by atoms with van der Waals surface area (Å²) >= 11 is 1.68. The molecule has 0 saturated heterocycles. The molecular formula is C17H23N3O3S. The van der Waals surface area contributed by atoms with Gasteiger partial charge in [0.15, 0.2) is 0 Å². The first kappa shape index (κ1) is 18.4. The summed E-state index contributed by atoms with van der Waals surface area (Å²) in [6.45, 7) is 1.57. The van der Waals surface area contributed by atoms with Gasteiger partial charge in [0.05, 0.1) is 23.9 Å². The Balaban J connectivity index is 2.09. The quantitative estimate of drug-likeness (QED) is 0.679. The number of fused-ring (bicyclic) bond motifs is 1. The molecule has 1 heterocycles. The summed E-state index contributed by atoms with van der Waals surface area (Å²) in [6, 6.07) is 7.24. The van der Waals surface area contributed by atoms with E-state index in [1.807, 2.05) is 41.3 Å². The van der Waals surface area contributed by atoms with Crippen LogP contribution in [0.5, 0.6) is 0 Å². The van der Waals surface area contributed by atoms with Gasteiger partial charge in [-0.05, 0) is 36.6 Å². The van der Waals surface area contributed by atoms with E-state index in [1.54, 1.807) is 11.8 Å². The first-order valence-corrected chi connectivity index (χ1v) is 9.19. The van der Waals surface area contributed by atoms with Crippen molar-refractivity contribution in [3.63, 3.8) is 0 Å². The lowest BCUT2D eigenvalue weighted by molar-refractivity contribution is -0.122. The molecule has 0 saturated carbocycles. The average molecular weight is 349 g/mol. The van der Waals surface area contributed by atoms with Crippen molar-refractivity contribution in [3.05, 3.63) is 30.5 Å². The van der Waals surface area contributed by atoms with Gasteiger partial charge in [-0.3, -0.25) is 9.59 Å². The SMILES string of the molecule is CSCCC(CO)NC(=O)Cn1ccc2c(NC(C)=O)cccc21. The molecule has 1 atom stereocenters. The third kappa shape index (κ3) is 4.75. The number of aliphatic hydroxyl groups is 1. The standard InChI is InChI=1S/C17H23N3O3S/c1-12(22)18-15-4-3-5-16-14(15)6-8-20(16)10-17(23)19-13(11-21)7-9-24-2/h3-6,8,13,21H,7,9-11H2,1-2H3,(H,18,22)(H,19,23). The van der Waals surface area contributed by atoms with E-state index in [-0.39, 0.29) is 31.0 Å². The van der Waals surface area contributed by atoms with Crippen molar-refractivity contribution in [2.75, 3.05) is 23.9 Å². The van der Waals surface area contributed by atoms with Crippen LogP contribution >= 0.6 is 11.8 Å². The van der Waals surface area contributed by atoms with Gasteiger partial charge in [0.2, 0.25) is 11.8 Å². The van der Waals surface area contributed by atoms with E-state index < -0.39 is 0 Å². The molecule has 2 rings (SSSR count). The number of nitrogens with zero attached hydrogens (tertiary/aromatic N) is 1. The van der Waals surface area contributed by atoms with Crippen molar-refractivity contribution >= 4 is 40.2 Å². The molecule has 130 valence electrons. The van der Waals surface area contributed by atoms with E-state index in [2.05, 4.69) is 10.6 Å². The minimum Gasteiger partial charge on any atom is -0.394 e. The zero-order valence-electron chi connectivity index (χ0n) is 13.9. The molecule has 1 aromatic carbocycles. The highest BCUT2D eigenvalue weighted by Gasteiger charge is 2.13. The Labute approximate surface area is 145 Å². The highest BCUT2D eigenvalue weighted by atomic mass is 32.2. The third-order valence-corrected chi connectivity index (χ3v) is 4.34. The van der Waals surface area contributed by atoms with Crippen LogP contribution in [0, 0.1) is 0 Å². The van der Waals surface area contributed by atoms with Crippen LogP contribution in [-0.2, 0) is 16.1 Å². The van der Waals surface area contributed by atoms with Crippen LogP contribution in [0.2, 0.25) is 0 Å². The fourth-order valence-corrected chi connectivity index (χ4v) is 3.08. The van der Waals surface area contributed by atoms with Crippen molar-refractivity contribution in [3.8, 4) is 0 Å². The lowest BCUT2D eigenvalue weighted by Crippen LogP contribution is -2.39. The molecule has 24 heavy (non-hydrogen) atoms. The number of nitrogens with one attached hydrogen (secondary N) is 2. The lowest BCUT2D eigenvalue weighted by Gasteiger charge is -2.16. The normalized spacial score (nSPS) is 12.1. The van der Waals surface area contributed by atoms with E-state index in [1.165, 1.54) is 6.92 Å². The summed E-state index contributed by atoms with van der Waals surface area (Å²) in [5.74, 6) is 0.614. The van der Waals surface area contributed by atoms with Crippen molar-refractivity contribution in [2.45, 2.75) is 25.9 Å². The van der Waals surface area contributed by atoms with Crippen LogP contribution in [-0.4, -0.2) is 46.1 Å². The number of anilines is 1. The van der Waals surface area contributed by atoms with Gasteiger partial charge in [0, 0.05) is 18.5 Å². The molecule has 0 spiro atoms. The number of aromatic nitrogens is 1. The summed E-state index contributed by atoms with van der Waals surface area (Å²) < 4.78 is 1.83. The Morgan fingerprint density at radius 3 is 2.79 bits per heavy atom. The third-order valence-electron chi connectivity index (χ3n) is 3.69. The van der Waals surface area contributed by atoms with Gasteiger partial charge >= 0.3 is 0 Å². The molecule has 0 aliphatic heterocycles. The van der Waals surface area contributed by atoms with Crippen LogP contribution in [0.1, 0.15) is 13.3 Å². The monoisotopic (exact) mass is 349 g/mol. The van der Waals surface area contributed by atoms with Crippen molar-refractivity contribution in [1.29, 1.82) is 0 Å². The minimum atomic E-state index is -0.221. The van der Waals surface area contributed by atoms with E-state index in [0.29, 0.717) is 0 Å². The lowest BCUT2D eigenvalue weighted by atomic mass is 10.2. The maximum Gasteiger partial charge on any atom is 0.240 e. The molecular weight excluding hydrogens is 326 g/mol. The zero-order chi connectivity index (χ0) is 17.5. The molecule has 0 radical (unpaired) electrons. The number of aliphatic hydroxyl groups excluding tert-OH is 1. The predicted molar refractivity (Wildman–Crippen MR) is 98.3 cm³/mol. The van der Waals surface area contributed by atoms with Gasteiger partial charge in [-0.15, -0.1) is 0 Å². The number of benzene rings is 1. The second kappa shape index (κ2) is 8.75. The molecule has 2 aromatic rings. The zero-order valence-corrected chi connectivity index (χ0v) is 14.7. The van der Waals surface area contributed by atoms with E-state index in [0.717, 1.165) is 28.8 Å². The van der Waals surface area contributed by atoms with E-state index >= 15 is 0 Å². The molecule has 7 heteroatoms. The smallest absolute Gasteiger partial charge is 0.240 e. The Kier molecular flexibility index (Phi) is 6.69. The highest BCUT2D eigenvalue weighted by molar-refractivity contribution is 7.98. The number of amides is 2. The van der Waals surface area contributed by atoms with Crippen LogP contribution in [0.15, 0.2) is 30.5 Å². The first-order chi connectivity index (χ1) is 11.5. The number of carbonyl (C=O) groups is 2. The molecule has 0 fully saturated rings.